The number of nitrogens with zero attached hydrogens (tertiary/aromatic N) is 2. The molecule has 164 valence electrons. The largest absolute Gasteiger partial charge is 0.490 e. The Morgan fingerprint density at radius 1 is 1.13 bits per heavy atom. The molecule has 1 aliphatic carbocycles. The second-order valence-corrected chi connectivity index (χ2v) is 9.19. The van der Waals surface area contributed by atoms with E-state index >= 15 is 0 Å². The Morgan fingerprint density at radius 3 is 2.74 bits per heavy atom. The molecule has 2 aromatic rings. The number of carbonyl (C=O) groups is 2. The number of nitrogens with one attached hydrogen (secondary N) is 2. The first-order valence-corrected chi connectivity index (χ1v) is 12.0. The van der Waals surface area contributed by atoms with Crippen LogP contribution in [0, 0.1) is 0 Å². The molecule has 4 rings (SSSR count). The Kier molecular flexibility index (Phi) is 7.40. The van der Waals surface area contributed by atoms with E-state index < -0.39 is 0 Å². The predicted octanol–water partition coefficient (Wildman–Crippen LogP) is 3.28. The summed E-state index contributed by atoms with van der Waals surface area (Å²) in [6.45, 7) is 0.348. The molecule has 31 heavy (non-hydrogen) atoms. The number of hydrogen-bond donors (Lipinski definition) is 2. The molecule has 2 amide bonds. The molecule has 1 aromatic carbocycles. The number of thioether (sulfide) groups is 1. The fraction of sp³-hybridized carbons (Fsp3) is 0.478. The molecular weight excluding hydrogens is 412 g/mol. The summed E-state index contributed by atoms with van der Waals surface area (Å²) in [5.74, 6) is 1.42. The molecule has 2 atom stereocenters. The van der Waals surface area contributed by atoms with E-state index in [-0.39, 0.29) is 35.0 Å². The molecule has 0 spiro atoms. The average Bonchev–Trinajstić information content (AvgIpc) is 3.00. The van der Waals surface area contributed by atoms with Crippen molar-refractivity contribution in [2.45, 2.75) is 55.9 Å². The van der Waals surface area contributed by atoms with Crippen molar-refractivity contribution in [2.24, 2.45) is 0 Å². The summed E-state index contributed by atoms with van der Waals surface area (Å²) in [6.07, 6.45) is 10.1. The van der Waals surface area contributed by atoms with E-state index in [1.54, 1.807) is 17.8 Å². The Labute approximate surface area is 186 Å². The first kappa shape index (κ1) is 21.6. The van der Waals surface area contributed by atoms with Crippen molar-refractivity contribution < 1.29 is 14.3 Å². The van der Waals surface area contributed by atoms with Crippen molar-refractivity contribution in [1.29, 1.82) is 0 Å². The molecule has 8 heteroatoms. The normalized spacial score (nSPS) is 22.3. The van der Waals surface area contributed by atoms with E-state index in [2.05, 4.69) is 20.6 Å². The van der Waals surface area contributed by atoms with E-state index in [1.807, 2.05) is 24.3 Å². The van der Waals surface area contributed by atoms with Crippen LogP contribution in [-0.4, -0.2) is 46.2 Å². The van der Waals surface area contributed by atoms with Crippen molar-refractivity contribution in [3.63, 3.8) is 0 Å². The van der Waals surface area contributed by atoms with Crippen LogP contribution < -0.4 is 15.4 Å². The minimum Gasteiger partial charge on any atom is -0.490 e. The topological polar surface area (TPSA) is 93.2 Å². The van der Waals surface area contributed by atoms with Crippen molar-refractivity contribution in [1.82, 2.24) is 20.6 Å². The highest BCUT2D eigenvalue weighted by Crippen LogP contribution is 2.34. The number of ether oxygens (including phenoxy) is 1. The third-order valence-electron chi connectivity index (χ3n) is 5.63. The number of carbonyl (C=O) groups excluding carboxylic acids is 2. The summed E-state index contributed by atoms with van der Waals surface area (Å²) in [4.78, 5) is 33.0. The van der Waals surface area contributed by atoms with E-state index in [9.17, 15) is 9.59 Å². The third-order valence-corrected chi connectivity index (χ3v) is 6.92. The van der Waals surface area contributed by atoms with Gasteiger partial charge in [0.05, 0.1) is 6.10 Å². The number of benzene rings is 1. The van der Waals surface area contributed by atoms with Gasteiger partial charge in [0.2, 0.25) is 11.7 Å². The molecule has 2 heterocycles. The molecule has 2 fully saturated rings. The zero-order chi connectivity index (χ0) is 21.5. The van der Waals surface area contributed by atoms with Crippen molar-refractivity contribution >= 4 is 23.6 Å². The molecular formula is C23H28N4O3S. The van der Waals surface area contributed by atoms with Crippen molar-refractivity contribution in [2.75, 3.05) is 12.3 Å². The maximum atomic E-state index is 12.9. The lowest BCUT2D eigenvalue weighted by atomic mass is 9.98. The maximum absolute atomic E-state index is 12.9. The van der Waals surface area contributed by atoms with Gasteiger partial charge in [-0.15, -0.1) is 11.8 Å². The van der Waals surface area contributed by atoms with Gasteiger partial charge < -0.3 is 15.4 Å². The van der Waals surface area contributed by atoms with Crippen LogP contribution in [0.1, 0.15) is 60.0 Å². The van der Waals surface area contributed by atoms with Gasteiger partial charge in [0, 0.05) is 25.0 Å². The van der Waals surface area contributed by atoms with Gasteiger partial charge in [-0.3, -0.25) is 9.59 Å². The number of rotatable bonds is 6. The predicted molar refractivity (Wildman–Crippen MR) is 120 cm³/mol. The summed E-state index contributed by atoms with van der Waals surface area (Å²) < 4.78 is 6.18. The van der Waals surface area contributed by atoms with Gasteiger partial charge in [-0.1, -0.05) is 18.6 Å². The quantitative estimate of drug-likeness (QED) is 0.716. The highest BCUT2D eigenvalue weighted by Gasteiger charge is 2.28. The van der Waals surface area contributed by atoms with Crippen LogP contribution in [0.2, 0.25) is 0 Å². The smallest absolute Gasteiger partial charge is 0.289 e. The van der Waals surface area contributed by atoms with Crippen LogP contribution in [-0.2, 0) is 4.79 Å². The zero-order valence-corrected chi connectivity index (χ0v) is 18.3. The fourth-order valence-corrected chi connectivity index (χ4v) is 5.21. The standard InChI is InChI=1S/C23H28N4O3S/c28-22-20(16-6-4-9-19(14-16)30-18-7-2-1-3-8-18)31-13-10-17(27-22)15-26-23(29)21-24-11-5-12-25-21/h4-6,9,11-12,14,17-18,20H,1-3,7-8,10,13,15H2,(H,26,29)(H,27,28)/t17-,20+/m0/s1. The van der Waals surface area contributed by atoms with Crippen LogP contribution >= 0.6 is 11.8 Å². The van der Waals surface area contributed by atoms with Gasteiger partial charge in [-0.2, -0.15) is 0 Å². The summed E-state index contributed by atoms with van der Waals surface area (Å²) in [7, 11) is 0. The molecule has 1 saturated heterocycles. The molecule has 1 saturated carbocycles. The first-order chi connectivity index (χ1) is 15.2. The highest BCUT2D eigenvalue weighted by atomic mass is 32.2. The molecule has 0 radical (unpaired) electrons. The van der Waals surface area contributed by atoms with Gasteiger partial charge in [0.15, 0.2) is 0 Å². The lowest BCUT2D eigenvalue weighted by Gasteiger charge is -2.23. The fourth-order valence-electron chi connectivity index (χ4n) is 3.99. The van der Waals surface area contributed by atoms with Crippen molar-refractivity contribution in [3.05, 3.63) is 54.1 Å². The van der Waals surface area contributed by atoms with Gasteiger partial charge in [-0.25, -0.2) is 9.97 Å². The molecule has 7 nitrogen and oxygen atoms in total. The Bertz CT molecular complexity index is 889. The Hall–Kier alpha value is -2.61. The third kappa shape index (κ3) is 5.97. The molecule has 2 N–H and O–H groups in total. The molecule has 0 bridgehead atoms. The van der Waals surface area contributed by atoms with Gasteiger partial charge in [0.1, 0.15) is 11.0 Å². The van der Waals surface area contributed by atoms with E-state index in [0.29, 0.717) is 6.54 Å². The van der Waals surface area contributed by atoms with Crippen LogP contribution in [0.25, 0.3) is 0 Å². The summed E-state index contributed by atoms with van der Waals surface area (Å²) in [5, 5.41) is 5.61. The Morgan fingerprint density at radius 2 is 1.94 bits per heavy atom. The summed E-state index contributed by atoms with van der Waals surface area (Å²) >= 11 is 1.63. The minimum atomic E-state index is -0.337. The molecule has 2 aliphatic rings. The second-order valence-electron chi connectivity index (χ2n) is 7.98. The van der Waals surface area contributed by atoms with Crippen molar-refractivity contribution in [3.8, 4) is 5.75 Å². The van der Waals surface area contributed by atoms with Crippen LogP contribution in [0.4, 0.5) is 0 Å². The first-order valence-electron chi connectivity index (χ1n) is 10.9. The Balaban J connectivity index is 1.34. The van der Waals surface area contributed by atoms with E-state index in [4.69, 9.17) is 4.74 Å². The van der Waals surface area contributed by atoms with E-state index in [0.717, 1.165) is 36.3 Å². The lowest BCUT2D eigenvalue weighted by molar-refractivity contribution is -0.121. The lowest BCUT2D eigenvalue weighted by Crippen LogP contribution is -2.44. The zero-order valence-electron chi connectivity index (χ0n) is 17.5. The van der Waals surface area contributed by atoms with Gasteiger partial charge in [-0.05, 0) is 61.6 Å². The maximum Gasteiger partial charge on any atom is 0.289 e. The second kappa shape index (κ2) is 10.6. The summed E-state index contributed by atoms with van der Waals surface area (Å²) in [6, 6.07) is 9.46. The SMILES string of the molecule is O=C(NC[C@@H]1CCS[C@H](c2cccc(OC3CCCCC3)c2)C(=O)N1)c1ncccn1. The average molecular weight is 441 g/mol. The van der Waals surface area contributed by atoms with Crippen LogP contribution in [0.15, 0.2) is 42.7 Å². The van der Waals surface area contributed by atoms with Crippen LogP contribution in [0.5, 0.6) is 5.75 Å². The highest BCUT2D eigenvalue weighted by molar-refractivity contribution is 8.00. The number of hydrogen-bond acceptors (Lipinski definition) is 6. The monoisotopic (exact) mass is 440 g/mol. The number of aromatic nitrogens is 2. The molecule has 0 unspecified atom stereocenters. The van der Waals surface area contributed by atoms with Gasteiger partial charge >= 0.3 is 0 Å². The van der Waals surface area contributed by atoms with E-state index in [1.165, 1.54) is 31.7 Å². The molecule has 1 aromatic heterocycles. The number of amides is 2. The molecule has 1 aliphatic heterocycles. The summed E-state index contributed by atoms with van der Waals surface area (Å²) in [5.41, 5.74) is 0.957. The van der Waals surface area contributed by atoms with Gasteiger partial charge in [0.25, 0.3) is 5.91 Å². The van der Waals surface area contributed by atoms with Crippen LogP contribution in [0.3, 0.4) is 0 Å². The minimum absolute atomic E-state index is 0.0347.